The quantitative estimate of drug-likeness (QED) is 0.838. The Morgan fingerprint density at radius 1 is 1.55 bits per heavy atom. The molecule has 3 heterocycles. The second-order valence-corrected chi connectivity index (χ2v) is 8.43. The van der Waals surface area contributed by atoms with Gasteiger partial charge in [-0.2, -0.15) is 5.10 Å². The zero-order valence-corrected chi connectivity index (χ0v) is 14.1. The van der Waals surface area contributed by atoms with Gasteiger partial charge in [0.1, 0.15) is 0 Å². The number of hydrogen-bond donors (Lipinski definition) is 2. The average Bonchev–Trinajstić information content (AvgIpc) is 3.19. The highest BCUT2D eigenvalue weighted by atomic mass is 32.2. The standard InChI is InChI=1S/C14H20N4O2S2/c1-2-16-22(19,20)12-5-6-18(10-12)9-11-8-15-17-14(11)13-4-3-7-21-13/h3-4,7-8,12,16H,2,5-6,9-10H2,1H3,(H,15,17)/t12-/m1/s1. The summed E-state index contributed by atoms with van der Waals surface area (Å²) in [7, 11) is -3.19. The molecule has 0 spiro atoms. The molecule has 0 bridgehead atoms. The van der Waals surface area contributed by atoms with E-state index < -0.39 is 10.0 Å². The van der Waals surface area contributed by atoms with E-state index in [2.05, 4.69) is 25.9 Å². The van der Waals surface area contributed by atoms with Crippen LogP contribution in [0.1, 0.15) is 18.9 Å². The molecule has 1 aliphatic rings. The molecule has 0 aliphatic carbocycles. The minimum Gasteiger partial charge on any atom is -0.298 e. The van der Waals surface area contributed by atoms with Crippen molar-refractivity contribution in [3.63, 3.8) is 0 Å². The molecule has 0 unspecified atom stereocenters. The predicted molar refractivity (Wildman–Crippen MR) is 88.2 cm³/mol. The fraction of sp³-hybridized carbons (Fsp3) is 0.500. The smallest absolute Gasteiger partial charge is 0.215 e. The van der Waals surface area contributed by atoms with Crippen molar-refractivity contribution in [2.45, 2.75) is 25.1 Å². The Labute approximate surface area is 134 Å². The second kappa shape index (κ2) is 6.49. The molecule has 0 saturated carbocycles. The SMILES string of the molecule is CCNS(=O)(=O)[C@@H]1CCN(Cc2cn[nH]c2-c2cccs2)C1. The molecule has 1 saturated heterocycles. The molecule has 120 valence electrons. The number of sulfonamides is 1. The van der Waals surface area contributed by atoms with Crippen molar-refractivity contribution in [1.29, 1.82) is 0 Å². The Morgan fingerprint density at radius 3 is 3.14 bits per heavy atom. The maximum absolute atomic E-state index is 12.1. The van der Waals surface area contributed by atoms with Crippen LogP contribution in [0.2, 0.25) is 0 Å². The first kappa shape index (κ1) is 15.7. The summed E-state index contributed by atoms with van der Waals surface area (Å²) >= 11 is 1.67. The summed E-state index contributed by atoms with van der Waals surface area (Å²) in [4.78, 5) is 3.34. The van der Waals surface area contributed by atoms with Crippen molar-refractivity contribution in [3.05, 3.63) is 29.3 Å². The molecule has 1 fully saturated rings. The maximum atomic E-state index is 12.1. The van der Waals surface area contributed by atoms with Gasteiger partial charge < -0.3 is 0 Å². The van der Waals surface area contributed by atoms with Crippen molar-refractivity contribution in [3.8, 4) is 10.6 Å². The Morgan fingerprint density at radius 2 is 2.41 bits per heavy atom. The number of likely N-dealkylation sites (tertiary alicyclic amines) is 1. The third-order valence-electron chi connectivity index (χ3n) is 3.89. The number of aromatic amines is 1. The van der Waals surface area contributed by atoms with Crippen molar-refractivity contribution >= 4 is 21.4 Å². The highest BCUT2D eigenvalue weighted by molar-refractivity contribution is 7.90. The monoisotopic (exact) mass is 340 g/mol. The van der Waals surface area contributed by atoms with E-state index in [1.807, 2.05) is 24.6 Å². The molecule has 2 aromatic rings. The van der Waals surface area contributed by atoms with Crippen LogP contribution in [0.15, 0.2) is 23.7 Å². The lowest BCUT2D eigenvalue weighted by Crippen LogP contribution is -2.36. The molecular weight excluding hydrogens is 320 g/mol. The van der Waals surface area contributed by atoms with Gasteiger partial charge in [0.05, 0.1) is 22.0 Å². The van der Waals surface area contributed by atoms with Crippen LogP contribution in [0.5, 0.6) is 0 Å². The van der Waals surface area contributed by atoms with Gasteiger partial charge in [0.2, 0.25) is 10.0 Å². The van der Waals surface area contributed by atoms with Crippen LogP contribution in [-0.2, 0) is 16.6 Å². The summed E-state index contributed by atoms with van der Waals surface area (Å²) < 4.78 is 26.8. The van der Waals surface area contributed by atoms with Gasteiger partial charge in [-0.3, -0.25) is 10.00 Å². The van der Waals surface area contributed by atoms with Gasteiger partial charge in [0.25, 0.3) is 0 Å². The van der Waals surface area contributed by atoms with E-state index in [1.165, 1.54) is 0 Å². The van der Waals surface area contributed by atoms with E-state index in [0.717, 1.165) is 29.2 Å². The summed E-state index contributed by atoms with van der Waals surface area (Å²) in [5.74, 6) is 0. The number of hydrogen-bond acceptors (Lipinski definition) is 5. The van der Waals surface area contributed by atoms with E-state index in [9.17, 15) is 8.42 Å². The predicted octanol–water partition coefficient (Wildman–Crippen LogP) is 1.65. The molecule has 8 heteroatoms. The summed E-state index contributed by atoms with van der Waals surface area (Å²) in [6.45, 7) is 4.35. The Kier molecular flexibility index (Phi) is 4.62. The van der Waals surface area contributed by atoms with Crippen molar-refractivity contribution in [1.82, 2.24) is 19.8 Å². The topological polar surface area (TPSA) is 78.1 Å². The molecule has 2 N–H and O–H groups in total. The highest BCUT2D eigenvalue weighted by Gasteiger charge is 2.32. The van der Waals surface area contributed by atoms with E-state index in [1.54, 1.807) is 11.3 Å². The van der Waals surface area contributed by atoms with Gasteiger partial charge in [-0.25, -0.2) is 13.1 Å². The van der Waals surface area contributed by atoms with Crippen molar-refractivity contribution in [2.75, 3.05) is 19.6 Å². The van der Waals surface area contributed by atoms with Gasteiger partial charge in [-0.05, 0) is 24.4 Å². The Hall–Kier alpha value is -1.22. The maximum Gasteiger partial charge on any atom is 0.215 e. The zero-order valence-electron chi connectivity index (χ0n) is 12.4. The minimum atomic E-state index is -3.19. The normalized spacial score (nSPS) is 19.8. The number of nitrogens with zero attached hydrogens (tertiary/aromatic N) is 2. The van der Waals surface area contributed by atoms with Gasteiger partial charge >= 0.3 is 0 Å². The molecule has 22 heavy (non-hydrogen) atoms. The van der Waals surface area contributed by atoms with Crippen LogP contribution in [0.4, 0.5) is 0 Å². The van der Waals surface area contributed by atoms with Crippen LogP contribution in [0.3, 0.4) is 0 Å². The number of aromatic nitrogens is 2. The number of thiophene rings is 1. The second-order valence-electron chi connectivity index (χ2n) is 5.44. The fourth-order valence-corrected chi connectivity index (χ4v) is 5.04. The molecule has 1 aliphatic heterocycles. The van der Waals surface area contributed by atoms with Gasteiger partial charge in [-0.15, -0.1) is 11.3 Å². The molecule has 2 aromatic heterocycles. The summed E-state index contributed by atoms with van der Waals surface area (Å²) in [5.41, 5.74) is 2.15. The van der Waals surface area contributed by atoms with Crippen LogP contribution >= 0.6 is 11.3 Å². The third kappa shape index (κ3) is 3.24. The Bertz CT molecular complexity index is 709. The lowest BCUT2D eigenvalue weighted by atomic mass is 10.2. The first-order valence-electron chi connectivity index (χ1n) is 7.37. The molecule has 0 radical (unpaired) electrons. The van der Waals surface area contributed by atoms with E-state index in [-0.39, 0.29) is 5.25 Å². The molecule has 6 nitrogen and oxygen atoms in total. The average molecular weight is 340 g/mol. The first-order valence-corrected chi connectivity index (χ1v) is 9.79. The van der Waals surface area contributed by atoms with Gasteiger partial charge in [-0.1, -0.05) is 13.0 Å². The number of rotatable bonds is 6. The molecule has 0 amide bonds. The van der Waals surface area contributed by atoms with E-state index in [0.29, 0.717) is 19.5 Å². The third-order valence-corrected chi connectivity index (χ3v) is 6.73. The van der Waals surface area contributed by atoms with Gasteiger partial charge in [0.15, 0.2) is 0 Å². The molecule has 0 aromatic carbocycles. The van der Waals surface area contributed by atoms with Crippen LogP contribution in [0.25, 0.3) is 10.6 Å². The summed E-state index contributed by atoms with van der Waals surface area (Å²) in [6, 6.07) is 4.07. The molecule has 3 rings (SSSR count). The van der Waals surface area contributed by atoms with Crippen LogP contribution < -0.4 is 4.72 Å². The zero-order chi connectivity index (χ0) is 15.6. The van der Waals surface area contributed by atoms with E-state index in [4.69, 9.17) is 0 Å². The van der Waals surface area contributed by atoms with Crippen LogP contribution in [0, 0.1) is 0 Å². The molecular formula is C14H20N4O2S2. The molecule has 1 atom stereocenters. The lowest BCUT2D eigenvalue weighted by molar-refractivity contribution is 0.331. The number of H-pyrrole nitrogens is 1. The van der Waals surface area contributed by atoms with E-state index >= 15 is 0 Å². The Balaban J connectivity index is 1.68. The number of nitrogens with one attached hydrogen (secondary N) is 2. The fourth-order valence-electron chi connectivity index (χ4n) is 2.82. The minimum absolute atomic E-state index is 0.315. The lowest BCUT2D eigenvalue weighted by Gasteiger charge is -2.16. The largest absolute Gasteiger partial charge is 0.298 e. The van der Waals surface area contributed by atoms with Crippen molar-refractivity contribution in [2.24, 2.45) is 0 Å². The highest BCUT2D eigenvalue weighted by Crippen LogP contribution is 2.28. The first-order chi connectivity index (χ1) is 10.6. The van der Waals surface area contributed by atoms with Crippen LogP contribution in [-0.4, -0.2) is 48.4 Å². The summed E-state index contributed by atoms with van der Waals surface area (Å²) in [6.07, 6.45) is 2.52. The summed E-state index contributed by atoms with van der Waals surface area (Å²) in [5, 5.41) is 8.91. The van der Waals surface area contributed by atoms with Crippen molar-refractivity contribution < 1.29 is 8.42 Å². The van der Waals surface area contributed by atoms with Gasteiger partial charge in [0, 0.05) is 25.2 Å².